The molecule has 0 N–H and O–H groups in total. The average molecular weight is 334 g/mol. The number of allylic oxidation sites excluding steroid dienone is 2. The van der Waals surface area contributed by atoms with E-state index in [0.717, 1.165) is 16.4 Å². The van der Waals surface area contributed by atoms with Crippen LogP contribution in [0.15, 0.2) is 82.7 Å². The predicted molar refractivity (Wildman–Crippen MR) is 102 cm³/mol. The van der Waals surface area contributed by atoms with Crippen LogP contribution in [0.25, 0.3) is 6.08 Å². The van der Waals surface area contributed by atoms with Gasteiger partial charge in [0.15, 0.2) is 5.17 Å². The topological polar surface area (TPSA) is 32.7 Å². The SMILES string of the molecule is CCN1C(=O)/C(=C/C=C\c2ccccc2)SC1=Nc1ccccc1. The zero-order valence-corrected chi connectivity index (χ0v) is 14.2. The molecule has 1 amide bonds. The van der Waals surface area contributed by atoms with Crippen LogP contribution in [0.2, 0.25) is 0 Å². The molecule has 0 bridgehead atoms. The lowest BCUT2D eigenvalue weighted by molar-refractivity contribution is -0.122. The van der Waals surface area contributed by atoms with E-state index in [2.05, 4.69) is 4.99 Å². The van der Waals surface area contributed by atoms with Crippen molar-refractivity contribution in [1.29, 1.82) is 0 Å². The number of amides is 1. The van der Waals surface area contributed by atoms with Crippen LogP contribution in [0.5, 0.6) is 0 Å². The van der Waals surface area contributed by atoms with E-state index < -0.39 is 0 Å². The van der Waals surface area contributed by atoms with Crippen molar-refractivity contribution in [3.8, 4) is 0 Å². The number of aliphatic imine (C=N–C) groups is 1. The minimum absolute atomic E-state index is 0.00916. The summed E-state index contributed by atoms with van der Waals surface area (Å²) in [5.74, 6) is 0.00916. The van der Waals surface area contributed by atoms with Crippen molar-refractivity contribution in [3.63, 3.8) is 0 Å². The molecule has 0 atom stereocenters. The number of carbonyl (C=O) groups is 1. The maximum Gasteiger partial charge on any atom is 0.266 e. The number of hydrogen-bond acceptors (Lipinski definition) is 3. The van der Waals surface area contributed by atoms with E-state index in [0.29, 0.717) is 11.4 Å². The van der Waals surface area contributed by atoms with Crippen molar-refractivity contribution in [2.24, 2.45) is 4.99 Å². The first-order chi connectivity index (χ1) is 11.8. The van der Waals surface area contributed by atoms with Crippen LogP contribution in [0.3, 0.4) is 0 Å². The third-order valence-corrected chi connectivity index (χ3v) is 4.55. The van der Waals surface area contributed by atoms with Gasteiger partial charge < -0.3 is 0 Å². The van der Waals surface area contributed by atoms with Gasteiger partial charge in [-0.2, -0.15) is 0 Å². The summed E-state index contributed by atoms with van der Waals surface area (Å²) < 4.78 is 0. The minimum Gasteiger partial charge on any atom is -0.287 e. The molecule has 24 heavy (non-hydrogen) atoms. The molecule has 2 aromatic rings. The van der Waals surface area contributed by atoms with Gasteiger partial charge in [0.2, 0.25) is 0 Å². The van der Waals surface area contributed by atoms with Crippen LogP contribution >= 0.6 is 11.8 Å². The molecule has 3 nitrogen and oxygen atoms in total. The molecule has 3 rings (SSSR count). The van der Waals surface area contributed by atoms with Gasteiger partial charge in [0, 0.05) is 6.54 Å². The lowest BCUT2D eigenvalue weighted by Gasteiger charge is -2.11. The van der Waals surface area contributed by atoms with E-state index in [-0.39, 0.29) is 5.91 Å². The first-order valence-corrected chi connectivity index (χ1v) is 8.66. The average Bonchev–Trinajstić information content (AvgIpc) is 2.91. The maximum absolute atomic E-state index is 12.5. The minimum atomic E-state index is 0.00916. The molecule has 0 spiro atoms. The number of hydrogen-bond donors (Lipinski definition) is 0. The van der Waals surface area contributed by atoms with Crippen molar-refractivity contribution < 1.29 is 4.79 Å². The number of benzene rings is 2. The largest absolute Gasteiger partial charge is 0.287 e. The summed E-state index contributed by atoms with van der Waals surface area (Å²) in [5.41, 5.74) is 1.96. The second-order valence-electron chi connectivity index (χ2n) is 5.18. The molecule has 2 aromatic carbocycles. The normalized spacial score (nSPS) is 18.2. The van der Waals surface area contributed by atoms with Crippen LogP contribution < -0.4 is 0 Å². The summed E-state index contributed by atoms with van der Waals surface area (Å²) in [4.78, 5) is 19.5. The Bertz CT molecular complexity index is 795. The van der Waals surface area contributed by atoms with Gasteiger partial charge in [-0.25, -0.2) is 4.99 Å². The predicted octanol–water partition coefficient (Wildman–Crippen LogP) is 4.87. The Morgan fingerprint density at radius 3 is 2.38 bits per heavy atom. The number of rotatable bonds is 4. The standard InChI is InChI=1S/C20H18N2OS/c1-2-22-19(23)18(15-9-12-16-10-5-3-6-11-16)24-20(22)21-17-13-7-4-8-14-17/h3-15H,2H2,1H3/b12-9-,18-15-,21-20?. The highest BCUT2D eigenvalue weighted by Gasteiger charge is 2.31. The van der Waals surface area contributed by atoms with Crippen molar-refractivity contribution in [3.05, 3.63) is 83.3 Å². The van der Waals surface area contributed by atoms with Gasteiger partial charge in [-0.15, -0.1) is 0 Å². The monoisotopic (exact) mass is 334 g/mol. The zero-order chi connectivity index (χ0) is 16.8. The summed E-state index contributed by atoms with van der Waals surface area (Å²) in [6.45, 7) is 2.57. The Balaban J connectivity index is 1.81. The van der Waals surface area contributed by atoms with E-state index in [1.165, 1.54) is 11.8 Å². The third kappa shape index (κ3) is 3.84. The zero-order valence-electron chi connectivity index (χ0n) is 13.4. The van der Waals surface area contributed by atoms with Crippen LogP contribution in [0, 0.1) is 0 Å². The number of likely N-dealkylation sites (N-methyl/N-ethyl adjacent to an activating group) is 1. The number of carbonyl (C=O) groups excluding carboxylic acids is 1. The lowest BCUT2D eigenvalue weighted by atomic mass is 10.2. The molecule has 120 valence electrons. The molecule has 1 heterocycles. The quantitative estimate of drug-likeness (QED) is 0.748. The molecule has 0 unspecified atom stereocenters. The van der Waals surface area contributed by atoms with Crippen molar-refractivity contribution in [2.75, 3.05) is 6.54 Å². The van der Waals surface area contributed by atoms with Gasteiger partial charge in [0.25, 0.3) is 5.91 Å². The van der Waals surface area contributed by atoms with Gasteiger partial charge in [0.05, 0.1) is 10.6 Å². The van der Waals surface area contributed by atoms with Crippen LogP contribution in [0.1, 0.15) is 12.5 Å². The van der Waals surface area contributed by atoms with E-state index >= 15 is 0 Å². The fourth-order valence-corrected chi connectivity index (χ4v) is 3.32. The molecule has 1 fully saturated rings. The van der Waals surface area contributed by atoms with E-state index in [1.54, 1.807) is 4.90 Å². The van der Waals surface area contributed by atoms with Crippen molar-refractivity contribution >= 4 is 34.6 Å². The van der Waals surface area contributed by atoms with E-state index in [4.69, 9.17) is 0 Å². The summed E-state index contributed by atoms with van der Waals surface area (Å²) >= 11 is 1.42. The van der Waals surface area contributed by atoms with Gasteiger partial charge >= 0.3 is 0 Å². The van der Waals surface area contributed by atoms with E-state index in [9.17, 15) is 4.79 Å². The first kappa shape index (κ1) is 16.3. The number of para-hydroxylation sites is 1. The third-order valence-electron chi connectivity index (χ3n) is 3.52. The fourth-order valence-electron chi connectivity index (χ4n) is 2.31. The molecule has 1 aliphatic heterocycles. The second-order valence-corrected chi connectivity index (χ2v) is 6.19. The van der Waals surface area contributed by atoms with Gasteiger partial charge in [-0.05, 0) is 42.5 Å². The Kier molecular flexibility index (Phi) is 5.29. The first-order valence-electron chi connectivity index (χ1n) is 7.85. The molecule has 4 heteroatoms. The highest BCUT2D eigenvalue weighted by molar-refractivity contribution is 8.18. The van der Waals surface area contributed by atoms with Crippen LogP contribution in [0.4, 0.5) is 5.69 Å². The summed E-state index contributed by atoms with van der Waals surface area (Å²) in [5, 5.41) is 0.730. The molecular weight excluding hydrogens is 316 g/mol. The molecule has 0 aromatic heterocycles. The highest BCUT2D eigenvalue weighted by Crippen LogP contribution is 2.32. The molecule has 0 aliphatic carbocycles. The molecule has 1 saturated heterocycles. The Hall–Kier alpha value is -2.59. The maximum atomic E-state index is 12.5. The van der Waals surface area contributed by atoms with Crippen molar-refractivity contribution in [1.82, 2.24) is 4.90 Å². The number of amidine groups is 1. The molecular formula is C20H18N2OS. The van der Waals surface area contributed by atoms with Crippen LogP contribution in [-0.2, 0) is 4.79 Å². The smallest absolute Gasteiger partial charge is 0.266 e. The lowest BCUT2D eigenvalue weighted by Crippen LogP contribution is -2.28. The van der Waals surface area contributed by atoms with Gasteiger partial charge in [0.1, 0.15) is 0 Å². The molecule has 0 saturated carbocycles. The number of nitrogens with zero attached hydrogens (tertiary/aromatic N) is 2. The van der Waals surface area contributed by atoms with Gasteiger partial charge in [-0.3, -0.25) is 9.69 Å². The summed E-state index contributed by atoms with van der Waals surface area (Å²) in [6, 6.07) is 19.7. The van der Waals surface area contributed by atoms with Crippen molar-refractivity contribution in [2.45, 2.75) is 6.92 Å². The summed E-state index contributed by atoms with van der Waals surface area (Å²) in [6.07, 6.45) is 5.76. The Morgan fingerprint density at radius 1 is 1.04 bits per heavy atom. The van der Waals surface area contributed by atoms with E-state index in [1.807, 2.05) is 85.8 Å². The fraction of sp³-hybridized carbons (Fsp3) is 0.100. The number of thioether (sulfide) groups is 1. The summed E-state index contributed by atoms with van der Waals surface area (Å²) in [7, 11) is 0. The second kappa shape index (κ2) is 7.79. The Morgan fingerprint density at radius 2 is 1.71 bits per heavy atom. The van der Waals surface area contributed by atoms with Gasteiger partial charge in [-0.1, -0.05) is 60.7 Å². The van der Waals surface area contributed by atoms with Crippen LogP contribution in [-0.4, -0.2) is 22.5 Å². The molecule has 1 aliphatic rings. The highest BCUT2D eigenvalue weighted by atomic mass is 32.2. The Labute approximate surface area is 146 Å². The molecule has 0 radical (unpaired) electrons.